The van der Waals surface area contributed by atoms with Gasteiger partial charge in [0.25, 0.3) is 0 Å². The molecule has 0 aliphatic carbocycles. The summed E-state index contributed by atoms with van der Waals surface area (Å²) in [5.74, 6) is -2.46. The summed E-state index contributed by atoms with van der Waals surface area (Å²) in [6.45, 7) is 3.58. The molecule has 0 bridgehead atoms. The summed E-state index contributed by atoms with van der Waals surface area (Å²) in [6.07, 6.45) is 0.170. The standard InChI is InChI=1S/C13H17ClFNO4S/c1-8(2)5-12(13(17)18)16-21(19,20)7-9-3-4-10(14)11(15)6-9/h3-4,6,8,12,16H,5,7H2,1-2H3,(H,17,18)/t12-/m0/s1. The summed E-state index contributed by atoms with van der Waals surface area (Å²) in [4.78, 5) is 11.1. The lowest BCUT2D eigenvalue weighted by Crippen LogP contribution is -2.42. The Morgan fingerprint density at radius 3 is 2.52 bits per heavy atom. The van der Waals surface area contributed by atoms with E-state index in [0.29, 0.717) is 0 Å². The van der Waals surface area contributed by atoms with Gasteiger partial charge in [-0.3, -0.25) is 4.79 Å². The molecule has 0 aliphatic heterocycles. The van der Waals surface area contributed by atoms with Crippen molar-refractivity contribution in [2.75, 3.05) is 0 Å². The van der Waals surface area contributed by atoms with Gasteiger partial charge in [0.1, 0.15) is 11.9 Å². The first kappa shape index (κ1) is 17.9. The Balaban J connectivity index is 2.84. The molecule has 0 heterocycles. The topological polar surface area (TPSA) is 83.5 Å². The number of hydrogen-bond donors (Lipinski definition) is 2. The van der Waals surface area contributed by atoms with Crippen LogP contribution in [-0.2, 0) is 20.6 Å². The summed E-state index contributed by atoms with van der Waals surface area (Å²) in [5, 5.41) is 8.92. The molecule has 0 amide bonds. The van der Waals surface area contributed by atoms with Gasteiger partial charge in [-0.1, -0.05) is 31.5 Å². The Kier molecular flexibility index (Phi) is 6.12. The minimum Gasteiger partial charge on any atom is -0.480 e. The van der Waals surface area contributed by atoms with Crippen molar-refractivity contribution in [3.8, 4) is 0 Å². The summed E-state index contributed by atoms with van der Waals surface area (Å²) < 4.78 is 39.3. The maximum atomic E-state index is 13.3. The zero-order chi connectivity index (χ0) is 16.2. The van der Waals surface area contributed by atoms with E-state index in [-0.39, 0.29) is 22.9 Å². The fourth-order valence-corrected chi connectivity index (χ4v) is 3.23. The first-order valence-electron chi connectivity index (χ1n) is 6.27. The van der Waals surface area contributed by atoms with Crippen LogP contribution in [0.5, 0.6) is 0 Å². The third-order valence-corrected chi connectivity index (χ3v) is 4.33. The molecule has 1 aromatic carbocycles. The molecule has 0 saturated carbocycles. The second-order valence-electron chi connectivity index (χ2n) is 5.15. The molecular formula is C13H17ClFNO4S. The fourth-order valence-electron chi connectivity index (χ4n) is 1.78. The van der Waals surface area contributed by atoms with E-state index in [1.165, 1.54) is 12.1 Å². The highest BCUT2D eigenvalue weighted by atomic mass is 35.5. The lowest BCUT2D eigenvalue weighted by Gasteiger charge is -2.16. The number of rotatable bonds is 7. The van der Waals surface area contributed by atoms with Crippen molar-refractivity contribution in [2.24, 2.45) is 5.92 Å². The Bertz CT molecular complexity index is 619. The van der Waals surface area contributed by atoms with E-state index in [9.17, 15) is 17.6 Å². The maximum absolute atomic E-state index is 13.3. The second-order valence-corrected chi connectivity index (χ2v) is 7.31. The molecule has 1 atom stereocenters. The van der Waals surface area contributed by atoms with Crippen LogP contribution in [0.3, 0.4) is 0 Å². The first-order chi connectivity index (χ1) is 9.60. The smallest absolute Gasteiger partial charge is 0.321 e. The average molecular weight is 338 g/mol. The van der Waals surface area contributed by atoms with Gasteiger partial charge < -0.3 is 5.11 Å². The lowest BCUT2D eigenvalue weighted by atomic mass is 10.1. The summed E-state index contributed by atoms with van der Waals surface area (Å²) in [6, 6.07) is 2.44. The van der Waals surface area contributed by atoms with Crippen molar-refractivity contribution >= 4 is 27.6 Å². The molecule has 8 heteroatoms. The van der Waals surface area contributed by atoms with Gasteiger partial charge in [-0.05, 0) is 30.0 Å². The van der Waals surface area contributed by atoms with Crippen LogP contribution in [0.2, 0.25) is 5.02 Å². The van der Waals surface area contributed by atoms with Gasteiger partial charge in [0.05, 0.1) is 10.8 Å². The predicted molar refractivity (Wildman–Crippen MR) is 78.0 cm³/mol. The number of benzene rings is 1. The van der Waals surface area contributed by atoms with Gasteiger partial charge in [0.15, 0.2) is 0 Å². The number of hydrogen-bond acceptors (Lipinski definition) is 3. The summed E-state index contributed by atoms with van der Waals surface area (Å²) in [7, 11) is -3.89. The molecule has 1 aromatic rings. The van der Waals surface area contributed by atoms with Crippen molar-refractivity contribution in [1.82, 2.24) is 4.72 Å². The summed E-state index contributed by atoms with van der Waals surface area (Å²) >= 11 is 5.52. The molecule has 0 fully saturated rings. The number of halogens is 2. The van der Waals surface area contributed by atoms with E-state index in [1.807, 2.05) is 0 Å². The highest BCUT2D eigenvalue weighted by Gasteiger charge is 2.25. The largest absolute Gasteiger partial charge is 0.480 e. The molecule has 0 aliphatic rings. The number of carboxylic acid groups (broad SMARTS) is 1. The number of sulfonamides is 1. The second kappa shape index (κ2) is 7.20. The van der Waals surface area contributed by atoms with Crippen molar-refractivity contribution in [1.29, 1.82) is 0 Å². The Morgan fingerprint density at radius 2 is 2.05 bits per heavy atom. The van der Waals surface area contributed by atoms with Gasteiger partial charge in [-0.25, -0.2) is 17.5 Å². The zero-order valence-corrected chi connectivity index (χ0v) is 13.2. The lowest BCUT2D eigenvalue weighted by molar-refractivity contribution is -0.139. The van der Waals surface area contributed by atoms with Crippen LogP contribution in [0.1, 0.15) is 25.8 Å². The van der Waals surface area contributed by atoms with E-state index in [1.54, 1.807) is 13.8 Å². The molecule has 1 rings (SSSR count). The van der Waals surface area contributed by atoms with Crippen LogP contribution < -0.4 is 4.72 Å². The third-order valence-electron chi connectivity index (χ3n) is 2.67. The SMILES string of the molecule is CC(C)C[C@H](NS(=O)(=O)Cc1ccc(Cl)c(F)c1)C(=O)O. The van der Waals surface area contributed by atoms with E-state index in [2.05, 4.69) is 4.72 Å². The Hall–Kier alpha value is -1.18. The molecular weight excluding hydrogens is 321 g/mol. The number of carboxylic acids is 1. The van der Waals surface area contributed by atoms with Crippen molar-refractivity contribution in [3.05, 3.63) is 34.6 Å². The van der Waals surface area contributed by atoms with Gasteiger partial charge in [-0.15, -0.1) is 0 Å². The molecule has 0 aromatic heterocycles. The molecule has 0 spiro atoms. The van der Waals surface area contributed by atoms with E-state index < -0.39 is 33.6 Å². The first-order valence-corrected chi connectivity index (χ1v) is 8.30. The maximum Gasteiger partial charge on any atom is 0.321 e. The fraction of sp³-hybridized carbons (Fsp3) is 0.462. The molecule has 2 N–H and O–H groups in total. The predicted octanol–water partition coefficient (Wildman–Crippen LogP) is 2.40. The van der Waals surface area contributed by atoms with Gasteiger partial charge in [0.2, 0.25) is 10.0 Å². The molecule has 0 unspecified atom stereocenters. The molecule has 21 heavy (non-hydrogen) atoms. The van der Waals surface area contributed by atoms with Gasteiger partial charge >= 0.3 is 5.97 Å². The number of aliphatic carboxylic acids is 1. The normalized spacial score (nSPS) is 13.4. The molecule has 0 saturated heterocycles. The third kappa shape index (κ3) is 5.99. The number of nitrogens with one attached hydrogen (secondary N) is 1. The van der Waals surface area contributed by atoms with E-state index in [0.717, 1.165) is 6.07 Å². The van der Waals surface area contributed by atoms with E-state index in [4.69, 9.17) is 16.7 Å². The Morgan fingerprint density at radius 1 is 1.43 bits per heavy atom. The van der Waals surface area contributed by atoms with Crippen LogP contribution in [0.4, 0.5) is 4.39 Å². The highest BCUT2D eigenvalue weighted by Crippen LogP contribution is 2.17. The zero-order valence-electron chi connectivity index (χ0n) is 11.6. The van der Waals surface area contributed by atoms with Crippen LogP contribution in [0, 0.1) is 11.7 Å². The van der Waals surface area contributed by atoms with E-state index >= 15 is 0 Å². The van der Waals surface area contributed by atoms with Crippen molar-refractivity contribution in [3.63, 3.8) is 0 Å². The van der Waals surface area contributed by atoms with Crippen LogP contribution >= 0.6 is 11.6 Å². The van der Waals surface area contributed by atoms with Crippen LogP contribution in [0.15, 0.2) is 18.2 Å². The van der Waals surface area contributed by atoms with Crippen molar-refractivity contribution < 1.29 is 22.7 Å². The Labute approximate surface area is 128 Å². The highest BCUT2D eigenvalue weighted by molar-refractivity contribution is 7.88. The number of carbonyl (C=O) groups is 1. The monoisotopic (exact) mass is 337 g/mol. The van der Waals surface area contributed by atoms with Gasteiger partial charge in [-0.2, -0.15) is 0 Å². The summed E-state index contributed by atoms with van der Waals surface area (Å²) in [5.41, 5.74) is 0.193. The van der Waals surface area contributed by atoms with Crippen LogP contribution in [0.25, 0.3) is 0 Å². The average Bonchev–Trinajstić information content (AvgIpc) is 2.31. The molecule has 0 radical (unpaired) electrons. The van der Waals surface area contributed by atoms with Crippen molar-refractivity contribution in [2.45, 2.75) is 32.1 Å². The van der Waals surface area contributed by atoms with Gasteiger partial charge in [0, 0.05) is 0 Å². The minimum atomic E-state index is -3.89. The van der Waals surface area contributed by atoms with Crippen LogP contribution in [-0.4, -0.2) is 25.5 Å². The quantitative estimate of drug-likeness (QED) is 0.800. The molecule has 5 nitrogen and oxygen atoms in total. The minimum absolute atomic E-state index is 0.0155. The molecule has 118 valence electrons.